The predicted molar refractivity (Wildman–Crippen MR) is 187 cm³/mol. The molecule has 1 atom stereocenters. The standard InChI is InChI=1S/C40H28N4S/c1-3-11-27(12-4-1)37-42-38(28-13-5-2-6-14-28)44-39(43-37)30-20-22-32-29(24-30)19-18-26-21-23-34-36(35(26)32)41-40(45-34)33-17-9-15-25-10-7-8-16-31(25)33/h1-7,9-15,17-24,40-41H,8,16H2. The van der Waals surface area contributed by atoms with E-state index in [1.165, 1.54) is 43.4 Å². The Bertz CT molecular complexity index is 2220. The van der Waals surface area contributed by atoms with Crippen LogP contribution in [-0.4, -0.2) is 15.0 Å². The largest absolute Gasteiger partial charge is 0.368 e. The summed E-state index contributed by atoms with van der Waals surface area (Å²) >= 11 is 1.92. The number of anilines is 1. The van der Waals surface area contributed by atoms with Gasteiger partial charge in [-0.25, -0.2) is 15.0 Å². The first kappa shape index (κ1) is 26.2. The van der Waals surface area contributed by atoms with Gasteiger partial charge in [0.05, 0.1) is 5.69 Å². The van der Waals surface area contributed by atoms with E-state index in [1.807, 2.05) is 72.4 Å². The van der Waals surface area contributed by atoms with Gasteiger partial charge in [0.2, 0.25) is 0 Å². The SMILES string of the molecule is C1=Cc2cccc(C3Nc4c(ccc5ccc6cc(-c7nc(-c8ccccc8)nc(-c8ccccc8)n7)ccc6c45)S3)c2CC1. The third-order valence-electron chi connectivity index (χ3n) is 8.83. The quantitative estimate of drug-likeness (QED) is 0.205. The first-order valence-corrected chi connectivity index (χ1v) is 16.2. The van der Waals surface area contributed by atoms with E-state index in [2.05, 4.69) is 78.1 Å². The molecule has 1 aliphatic carbocycles. The zero-order valence-electron chi connectivity index (χ0n) is 24.4. The Balaban J connectivity index is 1.15. The Morgan fingerprint density at radius 3 is 2.07 bits per heavy atom. The van der Waals surface area contributed by atoms with Crippen molar-refractivity contribution in [3.63, 3.8) is 0 Å². The van der Waals surface area contributed by atoms with E-state index in [0.717, 1.165) is 34.9 Å². The van der Waals surface area contributed by atoms with Gasteiger partial charge in [-0.15, -0.1) is 0 Å². The molecule has 2 heterocycles. The van der Waals surface area contributed by atoms with E-state index >= 15 is 0 Å². The van der Waals surface area contributed by atoms with Gasteiger partial charge in [0.1, 0.15) is 5.37 Å². The van der Waals surface area contributed by atoms with Crippen molar-refractivity contribution in [3.8, 4) is 34.2 Å². The summed E-state index contributed by atoms with van der Waals surface area (Å²) in [6.45, 7) is 0. The molecule has 5 heteroatoms. The zero-order valence-corrected chi connectivity index (χ0v) is 25.3. The van der Waals surface area contributed by atoms with Crippen molar-refractivity contribution in [2.45, 2.75) is 23.1 Å². The van der Waals surface area contributed by atoms with Gasteiger partial charge in [0.25, 0.3) is 0 Å². The van der Waals surface area contributed by atoms with Crippen LogP contribution in [0.3, 0.4) is 0 Å². The van der Waals surface area contributed by atoms with Gasteiger partial charge in [-0.3, -0.25) is 0 Å². The van der Waals surface area contributed by atoms with E-state index in [1.54, 1.807) is 0 Å². The minimum absolute atomic E-state index is 0.194. The molecule has 0 saturated heterocycles. The van der Waals surface area contributed by atoms with Crippen LogP contribution in [0.25, 0.3) is 61.8 Å². The lowest BCUT2D eigenvalue weighted by Gasteiger charge is -2.20. The summed E-state index contributed by atoms with van der Waals surface area (Å²) in [5.41, 5.74) is 8.34. The third kappa shape index (κ3) is 4.59. The number of thioether (sulfide) groups is 1. The van der Waals surface area contributed by atoms with Crippen LogP contribution in [0.4, 0.5) is 5.69 Å². The summed E-state index contributed by atoms with van der Waals surface area (Å²) < 4.78 is 0. The smallest absolute Gasteiger partial charge is 0.164 e. The van der Waals surface area contributed by atoms with Crippen LogP contribution >= 0.6 is 11.8 Å². The van der Waals surface area contributed by atoms with E-state index in [9.17, 15) is 0 Å². The fraction of sp³-hybridized carbons (Fsp3) is 0.0750. The summed E-state index contributed by atoms with van der Waals surface area (Å²) in [7, 11) is 0. The second-order valence-electron chi connectivity index (χ2n) is 11.6. The Morgan fingerprint density at radius 2 is 1.31 bits per heavy atom. The Morgan fingerprint density at radius 1 is 0.622 bits per heavy atom. The van der Waals surface area contributed by atoms with E-state index < -0.39 is 0 Å². The highest BCUT2D eigenvalue weighted by molar-refractivity contribution is 8.00. The minimum atomic E-state index is 0.194. The second-order valence-corrected chi connectivity index (χ2v) is 12.7. The number of rotatable bonds is 4. The lowest BCUT2D eigenvalue weighted by molar-refractivity contribution is 0.946. The van der Waals surface area contributed by atoms with Crippen LogP contribution in [0.15, 0.2) is 132 Å². The summed E-state index contributed by atoms with van der Waals surface area (Å²) in [6.07, 6.45) is 6.75. The predicted octanol–water partition coefficient (Wildman–Crippen LogP) is 10.4. The fourth-order valence-corrected chi connectivity index (χ4v) is 7.84. The first-order chi connectivity index (χ1) is 22.3. The van der Waals surface area contributed by atoms with E-state index in [0.29, 0.717) is 17.5 Å². The molecule has 2 aliphatic rings. The number of hydrogen-bond acceptors (Lipinski definition) is 5. The molecule has 9 rings (SSSR count). The molecule has 45 heavy (non-hydrogen) atoms. The molecule has 1 unspecified atom stereocenters. The lowest BCUT2D eigenvalue weighted by Crippen LogP contribution is -2.08. The molecule has 7 aromatic rings. The molecule has 1 aromatic heterocycles. The molecule has 1 N–H and O–H groups in total. The number of nitrogens with zero attached hydrogens (tertiary/aromatic N) is 3. The lowest BCUT2D eigenvalue weighted by atomic mass is 9.92. The van der Waals surface area contributed by atoms with Crippen LogP contribution in [-0.2, 0) is 6.42 Å². The van der Waals surface area contributed by atoms with Crippen LogP contribution < -0.4 is 5.32 Å². The maximum absolute atomic E-state index is 4.96. The highest BCUT2D eigenvalue weighted by Gasteiger charge is 2.28. The van der Waals surface area contributed by atoms with Gasteiger partial charge < -0.3 is 5.32 Å². The molecule has 0 fully saturated rings. The number of hydrogen-bond donors (Lipinski definition) is 1. The van der Waals surface area contributed by atoms with Crippen LogP contribution in [0, 0.1) is 0 Å². The van der Waals surface area contributed by atoms with E-state index in [4.69, 9.17) is 15.0 Å². The van der Waals surface area contributed by atoms with Crippen LogP contribution in [0.1, 0.15) is 28.5 Å². The average molecular weight is 597 g/mol. The van der Waals surface area contributed by atoms with Crippen molar-refractivity contribution in [1.82, 2.24) is 15.0 Å². The fourth-order valence-electron chi connectivity index (χ4n) is 6.64. The molecule has 214 valence electrons. The van der Waals surface area contributed by atoms with Gasteiger partial charge in [0.15, 0.2) is 17.5 Å². The zero-order chi connectivity index (χ0) is 29.7. The second kappa shape index (κ2) is 10.7. The van der Waals surface area contributed by atoms with Crippen LogP contribution in [0.2, 0.25) is 0 Å². The van der Waals surface area contributed by atoms with E-state index in [-0.39, 0.29) is 5.37 Å². The van der Waals surface area contributed by atoms with Crippen molar-refractivity contribution in [2.24, 2.45) is 0 Å². The van der Waals surface area contributed by atoms with Gasteiger partial charge >= 0.3 is 0 Å². The number of aromatic nitrogens is 3. The Labute approximate surface area is 265 Å². The topological polar surface area (TPSA) is 50.7 Å². The van der Waals surface area contributed by atoms with Gasteiger partial charge in [-0.05, 0) is 57.8 Å². The van der Waals surface area contributed by atoms with Crippen LogP contribution in [0.5, 0.6) is 0 Å². The molecule has 0 bridgehead atoms. The van der Waals surface area contributed by atoms with Crippen molar-refractivity contribution in [2.75, 3.05) is 5.32 Å². The number of benzene rings is 6. The molecule has 6 aromatic carbocycles. The molecule has 0 saturated carbocycles. The molecular weight excluding hydrogens is 569 g/mol. The number of allylic oxidation sites excluding steroid dienone is 1. The number of fused-ring (bicyclic) bond motifs is 6. The van der Waals surface area contributed by atoms with Gasteiger partial charge in [-0.2, -0.15) is 0 Å². The number of nitrogens with one attached hydrogen (secondary N) is 1. The Hall–Kier alpha value is -5.26. The molecule has 0 spiro atoms. The van der Waals surface area contributed by atoms with Gasteiger partial charge in [0, 0.05) is 27.0 Å². The van der Waals surface area contributed by atoms with Crippen molar-refractivity contribution in [3.05, 3.63) is 144 Å². The van der Waals surface area contributed by atoms with Crippen molar-refractivity contribution < 1.29 is 0 Å². The summed E-state index contributed by atoms with van der Waals surface area (Å²) in [5, 5.41) is 9.02. The molecule has 1 aliphatic heterocycles. The van der Waals surface area contributed by atoms with Gasteiger partial charge in [-0.1, -0.05) is 133 Å². The Kier molecular flexibility index (Phi) is 6.23. The maximum atomic E-state index is 4.96. The summed E-state index contributed by atoms with van der Waals surface area (Å²) in [4.78, 5) is 16.1. The third-order valence-corrected chi connectivity index (χ3v) is 10.0. The maximum Gasteiger partial charge on any atom is 0.164 e. The molecule has 0 radical (unpaired) electrons. The monoisotopic (exact) mass is 596 g/mol. The van der Waals surface area contributed by atoms with Crippen molar-refractivity contribution in [1.29, 1.82) is 0 Å². The highest BCUT2D eigenvalue weighted by atomic mass is 32.2. The molecule has 4 nitrogen and oxygen atoms in total. The first-order valence-electron chi connectivity index (χ1n) is 15.4. The average Bonchev–Trinajstić information content (AvgIpc) is 3.56. The molecular formula is C40H28N4S. The molecule has 0 amide bonds. The summed E-state index contributed by atoms with van der Waals surface area (Å²) in [5.74, 6) is 2.00. The highest BCUT2D eigenvalue weighted by Crippen LogP contribution is 2.51. The minimum Gasteiger partial charge on any atom is -0.368 e. The summed E-state index contributed by atoms with van der Waals surface area (Å²) in [6, 6.07) is 42.5. The van der Waals surface area contributed by atoms with Crippen molar-refractivity contribution >= 4 is 45.1 Å². The normalized spacial score (nSPS) is 15.2.